The van der Waals surface area contributed by atoms with Crippen LogP contribution in [0, 0.1) is 11.7 Å². The molecule has 0 aromatic heterocycles. The van der Waals surface area contributed by atoms with Crippen LogP contribution in [0.2, 0.25) is 0 Å². The lowest BCUT2D eigenvalue weighted by molar-refractivity contribution is -0.126. The van der Waals surface area contributed by atoms with Gasteiger partial charge in [-0.25, -0.2) is 5.90 Å². The van der Waals surface area contributed by atoms with Gasteiger partial charge in [0.1, 0.15) is 36.6 Å². The van der Waals surface area contributed by atoms with Gasteiger partial charge in [0.25, 0.3) is 5.91 Å². The Bertz CT molecular complexity index is 927. The largest absolute Gasteiger partial charge is 0.490 e. The van der Waals surface area contributed by atoms with Gasteiger partial charge in [0.05, 0.1) is 26.4 Å². The standard InChI is InChI=1S/C24H37BN4O8S2/c1-38-39-23(16-35-18-5-2-4-17(12-18)24(32)29-9-7-26)34-11-10-33-15-22(31)28-8-3-6-25-21-13-19(37-27)20(14-30)36-21/h2,4-5,12,19-21,23,25,30H,7-11,13-16,26-27H2,1H3,(H,28,31)(H,29,32)/t19-,20?,21-,23?/m1/s1. The third-order valence-corrected chi connectivity index (χ3v) is 7.24. The van der Waals surface area contributed by atoms with Crippen LogP contribution in [0.5, 0.6) is 5.75 Å². The molecule has 2 unspecified atom stereocenters. The molecule has 1 aromatic carbocycles. The average Bonchev–Trinajstić information content (AvgIpc) is 3.36. The molecule has 0 radical (unpaired) electrons. The fourth-order valence-corrected chi connectivity index (χ4v) is 4.94. The van der Waals surface area contributed by atoms with Gasteiger partial charge >= 0.3 is 0 Å². The monoisotopic (exact) mass is 584 g/mol. The lowest BCUT2D eigenvalue weighted by atomic mass is 9.71. The van der Waals surface area contributed by atoms with Crippen LogP contribution in [0.3, 0.4) is 0 Å². The van der Waals surface area contributed by atoms with E-state index in [1.165, 1.54) is 10.8 Å². The van der Waals surface area contributed by atoms with E-state index >= 15 is 0 Å². The molecular weight excluding hydrogens is 547 g/mol. The van der Waals surface area contributed by atoms with Crippen LogP contribution in [0.1, 0.15) is 16.8 Å². The summed E-state index contributed by atoms with van der Waals surface area (Å²) in [4.78, 5) is 28.8. The van der Waals surface area contributed by atoms with E-state index in [4.69, 9.17) is 35.4 Å². The highest BCUT2D eigenvalue weighted by Crippen LogP contribution is 2.26. The Kier molecular flexibility index (Phi) is 17.0. The number of amides is 2. The molecule has 1 saturated heterocycles. The van der Waals surface area contributed by atoms with Crippen molar-refractivity contribution in [3.63, 3.8) is 0 Å². The molecule has 0 aliphatic carbocycles. The van der Waals surface area contributed by atoms with Gasteiger partial charge in [0, 0.05) is 24.7 Å². The molecule has 15 heteroatoms. The Morgan fingerprint density at radius 1 is 1.33 bits per heavy atom. The molecular formula is C24H37BN4O8S2. The van der Waals surface area contributed by atoms with Crippen molar-refractivity contribution in [1.29, 1.82) is 0 Å². The first kappa shape index (κ1) is 33.2. The molecule has 1 fully saturated rings. The quantitative estimate of drug-likeness (QED) is 0.0356. The minimum absolute atomic E-state index is 0.111. The highest BCUT2D eigenvalue weighted by molar-refractivity contribution is 8.76. The normalized spacial score (nSPS) is 19.0. The molecule has 4 atom stereocenters. The fourth-order valence-electron chi connectivity index (χ4n) is 3.47. The Labute approximate surface area is 237 Å². The van der Waals surface area contributed by atoms with Crippen LogP contribution < -0.4 is 27.0 Å². The highest BCUT2D eigenvalue weighted by Gasteiger charge is 2.35. The number of rotatable bonds is 18. The Balaban J connectivity index is 1.59. The predicted molar refractivity (Wildman–Crippen MR) is 152 cm³/mol. The summed E-state index contributed by atoms with van der Waals surface area (Å²) >= 11 is 0. The number of hydrogen-bond donors (Lipinski definition) is 5. The van der Waals surface area contributed by atoms with Crippen molar-refractivity contribution >= 4 is 40.7 Å². The Hall–Kier alpha value is -2.00. The van der Waals surface area contributed by atoms with Gasteiger partial charge in [-0.2, -0.15) is 5.82 Å². The summed E-state index contributed by atoms with van der Waals surface area (Å²) in [5.41, 5.74) is 5.64. The highest BCUT2D eigenvalue weighted by atomic mass is 33.1. The predicted octanol–water partition coefficient (Wildman–Crippen LogP) is -0.996. The minimum Gasteiger partial charge on any atom is -0.490 e. The molecule has 0 spiro atoms. The number of hydrogen-bond acceptors (Lipinski definition) is 12. The van der Waals surface area contributed by atoms with Crippen LogP contribution in [0.25, 0.3) is 0 Å². The van der Waals surface area contributed by atoms with Crippen molar-refractivity contribution < 1.29 is 38.5 Å². The maximum absolute atomic E-state index is 12.1. The smallest absolute Gasteiger partial charge is 0.251 e. The maximum atomic E-state index is 12.1. The zero-order chi connectivity index (χ0) is 28.3. The fraction of sp³-hybridized carbons (Fsp3) is 0.583. The molecule has 7 N–H and O–H groups in total. The number of benzene rings is 1. The van der Waals surface area contributed by atoms with Crippen molar-refractivity contribution in [1.82, 2.24) is 10.6 Å². The molecule has 1 aliphatic rings. The zero-order valence-corrected chi connectivity index (χ0v) is 23.6. The summed E-state index contributed by atoms with van der Waals surface area (Å²) in [7, 11) is 3.49. The van der Waals surface area contributed by atoms with Crippen LogP contribution in [0.4, 0.5) is 0 Å². The van der Waals surface area contributed by atoms with Crippen molar-refractivity contribution in [2.75, 3.05) is 58.9 Å². The summed E-state index contributed by atoms with van der Waals surface area (Å²) in [5.74, 6) is 11.1. The molecule has 39 heavy (non-hydrogen) atoms. The van der Waals surface area contributed by atoms with E-state index in [0.29, 0.717) is 38.1 Å². The van der Waals surface area contributed by atoms with Crippen molar-refractivity contribution in [3.8, 4) is 17.5 Å². The number of nitrogens with one attached hydrogen (secondary N) is 2. The van der Waals surface area contributed by atoms with Gasteiger partial charge in [0.2, 0.25) is 13.2 Å². The van der Waals surface area contributed by atoms with Gasteiger partial charge < -0.3 is 40.4 Å². The van der Waals surface area contributed by atoms with E-state index in [9.17, 15) is 14.7 Å². The second-order valence-corrected chi connectivity index (χ2v) is 10.9. The topological polar surface area (TPSA) is 177 Å². The number of nitrogens with two attached hydrogens (primary N) is 2. The summed E-state index contributed by atoms with van der Waals surface area (Å²) in [6.07, 6.45) is 1.71. The first-order valence-electron chi connectivity index (χ1n) is 12.4. The molecule has 1 aromatic rings. The van der Waals surface area contributed by atoms with E-state index in [-0.39, 0.29) is 68.9 Å². The molecule has 0 bridgehead atoms. The number of aliphatic hydroxyl groups excluding tert-OH is 1. The van der Waals surface area contributed by atoms with Crippen molar-refractivity contribution in [2.45, 2.75) is 30.1 Å². The minimum atomic E-state index is -0.441. The van der Waals surface area contributed by atoms with Gasteiger partial charge in [-0.3, -0.25) is 14.4 Å². The van der Waals surface area contributed by atoms with Crippen molar-refractivity contribution in [3.05, 3.63) is 29.8 Å². The molecule has 2 rings (SSSR count). The van der Waals surface area contributed by atoms with Crippen LogP contribution >= 0.6 is 21.6 Å². The lowest BCUT2D eigenvalue weighted by Gasteiger charge is -2.17. The van der Waals surface area contributed by atoms with E-state index in [0.717, 1.165) is 0 Å². The van der Waals surface area contributed by atoms with E-state index < -0.39 is 6.10 Å². The molecule has 12 nitrogen and oxygen atoms in total. The molecule has 0 saturated carbocycles. The number of carbonyl (C=O) groups is 2. The second kappa shape index (κ2) is 20.0. The lowest BCUT2D eigenvalue weighted by Crippen LogP contribution is -2.30. The third kappa shape index (κ3) is 13.3. The van der Waals surface area contributed by atoms with E-state index in [2.05, 4.69) is 22.4 Å². The molecule has 216 valence electrons. The molecule has 2 amide bonds. The molecule has 1 aliphatic heterocycles. The van der Waals surface area contributed by atoms with Crippen LogP contribution in [-0.2, 0) is 23.8 Å². The van der Waals surface area contributed by atoms with E-state index in [1.54, 1.807) is 35.1 Å². The second-order valence-electron chi connectivity index (χ2n) is 8.22. The van der Waals surface area contributed by atoms with Gasteiger partial charge in [-0.15, -0.1) is 0 Å². The SMILES string of the molecule is CSSC(COc1cccc(C(=O)NCCN)c1)OCCOCC(=O)NCC#CB[C@H]1C[C@@H](ON)C(CO)O1. The Morgan fingerprint density at radius 3 is 2.90 bits per heavy atom. The van der Waals surface area contributed by atoms with Gasteiger partial charge in [0.15, 0.2) is 0 Å². The summed E-state index contributed by atoms with van der Waals surface area (Å²) in [6.45, 7) is 1.46. The third-order valence-electron chi connectivity index (χ3n) is 5.34. The summed E-state index contributed by atoms with van der Waals surface area (Å²) in [5, 5.41) is 14.6. The zero-order valence-electron chi connectivity index (χ0n) is 22.0. The van der Waals surface area contributed by atoms with Gasteiger partial charge in [-0.05, 0) is 30.9 Å². The first-order valence-corrected chi connectivity index (χ1v) is 15.1. The summed E-state index contributed by atoms with van der Waals surface area (Å²) < 4.78 is 22.6. The van der Waals surface area contributed by atoms with Crippen molar-refractivity contribution in [2.24, 2.45) is 11.6 Å². The molecule has 1 heterocycles. The first-order chi connectivity index (χ1) is 19.0. The van der Waals surface area contributed by atoms with Crippen LogP contribution in [-0.4, -0.2) is 107 Å². The van der Waals surface area contributed by atoms with Gasteiger partial charge in [-0.1, -0.05) is 33.6 Å². The van der Waals surface area contributed by atoms with E-state index in [1.807, 2.05) is 6.26 Å². The number of carbonyl (C=O) groups excluding carboxylic acids is 2. The van der Waals surface area contributed by atoms with Crippen LogP contribution in [0.15, 0.2) is 24.3 Å². The number of aliphatic hydroxyl groups is 1. The summed E-state index contributed by atoms with van der Waals surface area (Å²) in [6, 6.07) is 6.72. The number of ether oxygens (including phenoxy) is 4. The average molecular weight is 585 g/mol. The Morgan fingerprint density at radius 2 is 2.18 bits per heavy atom. The maximum Gasteiger partial charge on any atom is 0.251 e.